The molecule has 2 N–H and O–H groups in total. The standard InChI is InChI=1S/C14H18ClNO3/c1-4-8(2)12(14(18)19)16-13(17)10-7-5-6-9(3)11(10)15/h5-8,12H,4H2,1-3H3,(H,16,17)(H,18,19). The minimum absolute atomic E-state index is 0.148. The first kappa shape index (κ1) is 15.5. The number of carboxylic acids is 1. The number of carbonyl (C=O) groups excluding carboxylic acids is 1. The predicted octanol–water partition coefficient (Wildman–Crippen LogP) is 2.88. The third-order valence-corrected chi connectivity index (χ3v) is 3.70. The first-order valence-electron chi connectivity index (χ1n) is 6.17. The van der Waals surface area contributed by atoms with E-state index in [-0.39, 0.29) is 5.92 Å². The van der Waals surface area contributed by atoms with Crippen LogP contribution in [0.4, 0.5) is 0 Å². The highest BCUT2D eigenvalue weighted by Gasteiger charge is 2.26. The number of amides is 1. The monoisotopic (exact) mass is 283 g/mol. The van der Waals surface area contributed by atoms with Gasteiger partial charge in [-0.3, -0.25) is 4.79 Å². The van der Waals surface area contributed by atoms with Gasteiger partial charge in [0.2, 0.25) is 0 Å². The average Bonchev–Trinajstić information content (AvgIpc) is 2.37. The number of hydrogen-bond donors (Lipinski definition) is 2. The maximum Gasteiger partial charge on any atom is 0.326 e. The van der Waals surface area contributed by atoms with Crippen molar-refractivity contribution in [1.29, 1.82) is 0 Å². The number of halogens is 1. The lowest BCUT2D eigenvalue weighted by Crippen LogP contribution is -2.45. The van der Waals surface area contributed by atoms with Gasteiger partial charge in [-0.25, -0.2) is 4.79 Å². The Balaban J connectivity index is 2.94. The molecular formula is C14H18ClNO3. The van der Waals surface area contributed by atoms with Gasteiger partial charge in [0.25, 0.3) is 5.91 Å². The second kappa shape index (κ2) is 6.57. The fourth-order valence-electron chi connectivity index (χ4n) is 1.72. The van der Waals surface area contributed by atoms with E-state index in [9.17, 15) is 9.59 Å². The maximum absolute atomic E-state index is 12.1. The van der Waals surface area contributed by atoms with Crippen molar-refractivity contribution in [3.63, 3.8) is 0 Å². The minimum atomic E-state index is -1.04. The van der Waals surface area contributed by atoms with Crippen molar-refractivity contribution < 1.29 is 14.7 Å². The van der Waals surface area contributed by atoms with Gasteiger partial charge in [-0.2, -0.15) is 0 Å². The summed E-state index contributed by atoms with van der Waals surface area (Å²) in [5.41, 5.74) is 1.08. The Labute approximate surface area is 117 Å². The molecule has 0 aromatic heterocycles. The third-order valence-electron chi connectivity index (χ3n) is 3.20. The minimum Gasteiger partial charge on any atom is -0.480 e. The van der Waals surface area contributed by atoms with Crippen molar-refractivity contribution in [3.05, 3.63) is 34.3 Å². The van der Waals surface area contributed by atoms with E-state index in [2.05, 4.69) is 5.32 Å². The van der Waals surface area contributed by atoms with Gasteiger partial charge < -0.3 is 10.4 Å². The molecule has 2 unspecified atom stereocenters. The molecule has 0 aliphatic rings. The summed E-state index contributed by atoms with van der Waals surface area (Å²) in [7, 11) is 0. The highest BCUT2D eigenvalue weighted by Crippen LogP contribution is 2.20. The van der Waals surface area contributed by atoms with Crippen LogP contribution in [-0.2, 0) is 4.79 Å². The lowest BCUT2D eigenvalue weighted by molar-refractivity contribution is -0.140. The highest BCUT2D eigenvalue weighted by atomic mass is 35.5. The Morgan fingerprint density at radius 1 is 1.42 bits per heavy atom. The zero-order valence-electron chi connectivity index (χ0n) is 11.2. The molecule has 1 aromatic carbocycles. The third kappa shape index (κ3) is 3.70. The van der Waals surface area contributed by atoms with Crippen LogP contribution in [0.2, 0.25) is 5.02 Å². The molecule has 0 saturated heterocycles. The molecule has 0 spiro atoms. The van der Waals surface area contributed by atoms with E-state index in [1.165, 1.54) is 0 Å². The highest BCUT2D eigenvalue weighted by molar-refractivity contribution is 6.34. The largest absolute Gasteiger partial charge is 0.480 e. The molecular weight excluding hydrogens is 266 g/mol. The molecule has 2 atom stereocenters. The molecule has 0 radical (unpaired) electrons. The summed E-state index contributed by atoms with van der Waals surface area (Å²) in [5, 5.41) is 12.0. The second-order valence-corrected chi connectivity index (χ2v) is 4.99. The van der Waals surface area contributed by atoms with Gasteiger partial charge in [-0.15, -0.1) is 0 Å². The van der Waals surface area contributed by atoms with Gasteiger partial charge >= 0.3 is 5.97 Å². The molecule has 0 fully saturated rings. The lowest BCUT2D eigenvalue weighted by atomic mass is 9.99. The van der Waals surface area contributed by atoms with E-state index in [0.717, 1.165) is 5.56 Å². The van der Waals surface area contributed by atoms with Crippen LogP contribution < -0.4 is 5.32 Å². The van der Waals surface area contributed by atoms with Crippen molar-refractivity contribution in [2.75, 3.05) is 0 Å². The molecule has 0 aliphatic carbocycles. The fraction of sp³-hybridized carbons (Fsp3) is 0.429. The summed E-state index contributed by atoms with van der Waals surface area (Å²) < 4.78 is 0. The number of hydrogen-bond acceptors (Lipinski definition) is 2. The van der Waals surface area contributed by atoms with E-state index in [0.29, 0.717) is 17.0 Å². The van der Waals surface area contributed by atoms with E-state index in [1.54, 1.807) is 32.0 Å². The molecule has 1 amide bonds. The van der Waals surface area contributed by atoms with Gasteiger partial charge in [0.15, 0.2) is 0 Å². The van der Waals surface area contributed by atoms with Gasteiger partial charge in [-0.05, 0) is 24.5 Å². The zero-order valence-corrected chi connectivity index (χ0v) is 12.0. The molecule has 4 nitrogen and oxygen atoms in total. The van der Waals surface area contributed by atoms with E-state index < -0.39 is 17.9 Å². The quantitative estimate of drug-likeness (QED) is 0.873. The fourth-order valence-corrected chi connectivity index (χ4v) is 1.94. The van der Waals surface area contributed by atoms with Crippen LogP contribution in [0.3, 0.4) is 0 Å². The Morgan fingerprint density at radius 3 is 2.58 bits per heavy atom. The number of rotatable bonds is 5. The van der Waals surface area contributed by atoms with Crippen molar-refractivity contribution in [1.82, 2.24) is 5.32 Å². The number of carboxylic acid groups (broad SMARTS) is 1. The van der Waals surface area contributed by atoms with E-state index in [4.69, 9.17) is 16.7 Å². The first-order chi connectivity index (χ1) is 8.88. The summed E-state index contributed by atoms with van der Waals surface area (Å²) in [4.78, 5) is 23.3. The summed E-state index contributed by atoms with van der Waals surface area (Å²) in [6.07, 6.45) is 0.665. The maximum atomic E-state index is 12.1. The summed E-state index contributed by atoms with van der Waals surface area (Å²) in [6.45, 7) is 5.46. The molecule has 0 heterocycles. The molecule has 1 rings (SSSR count). The Morgan fingerprint density at radius 2 is 2.05 bits per heavy atom. The molecule has 104 valence electrons. The van der Waals surface area contributed by atoms with E-state index in [1.807, 2.05) is 6.92 Å². The molecule has 0 saturated carbocycles. The van der Waals surface area contributed by atoms with Crippen LogP contribution in [-0.4, -0.2) is 23.0 Å². The molecule has 0 aliphatic heterocycles. The van der Waals surface area contributed by atoms with Gasteiger partial charge in [-0.1, -0.05) is 44.0 Å². The Kier molecular flexibility index (Phi) is 5.36. The molecule has 5 heteroatoms. The van der Waals surface area contributed by atoms with Crippen LogP contribution in [0, 0.1) is 12.8 Å². The van der Waals surface area contributed by atoms with Crippen molar-refractivity contribution in [2.24, 2.45) is 5.92 Å². The van der Waals surface area contributed by atoms with Gasteiger partial charge in [0.05, 0.1) is 10.6 Å². The van der Waals surface area contributed by atoms with Crippen LogP contribution in [0.15, 0.2) is 18.2 Å². The zero-order chi connectivity index (χ0) is 14.6. The van der Waals surface area contributed by atoms with Crippen molar-refractivity contribution >= 4 is 23.5 Å². The summed E-state index contributed by atoms with van der Waals surface area (Å²) >= 11 is 6.06. The number of aryl methyl sites for hydroxylation is 1. The smallest absolute Gasteiger partial charge is 0.326 e. The Bertz CT molecular complexity index is 488. The topological polar surface area (TPSA) is 66.4 Å². The Hall–Kier alpha value is -1.55. The summed E-state index contributed by atoms with van der Waals surface area (Å²) in [6, 6.07) is 4.19. The van der Waals surface area contributed by atoms with E-state index >= 15 is 0 Å². The van der Waals surface area contributed by atoms with Crippen LogP contribution in [0.5, 0.6) is 0 Å². The van der Waals surface area contributed by atoms with Crippen molar-refractivity contribution in [2.45, 2.75) is 33.2 Å². The average molecular weight is 284 g/mol. The number of benzene rings is 1. The van der Waals surface area contributed by atoms with Crippen LogP contribution in [0.1, 0.15) is 36.2 Å². The normalized spacial score (nSPS) is 13.7. The molecule has 19 heavy (non-hydrogen) atoms. The first-order valence-corrected chi connectivity index (χ1v) is 6.55. The van der Waals surface area contributed by atoms with Crippen molar-refractivity contribution in [3.8, 4) is 0 Å². The van der Waals surface area contributed by atoms with Gasteiger partial charge in [0.1, 0.15) is 6.04 Å². The summed E-state index contributed by atoms with van der Waals surface area (Å²) in [5.74, 6) is -1.64. The number of nitrogens with one attached hydrogen (secondary N) is 1. The second-order valence-electron chi connectivity index (χ2n) is 4.61. The van der Waals surface area contributed by atoms with Crippen LogP contribution >= 0.6 is 11.6 Å². The number of aliphatic carboxylic acids is 1. The lowest BCUT2D eigenvalue weighted by Gasteiger charge is -2.20. The molecule has 1 aromatic rings. The number of carbonyl (C=O) groups is 2. The van der Waals surface area contributed by atoms with Gasteiger partial charge in [0, 0.05) is 0 Å². The molecule has 0 bridgehead atoms. The SMILES string of the molecule is CCC(C)C(NC(=O)c1cccc(C)c1Cl)C(=O)O. The predicted molar refractivity (Wildman–Crippen MR) is 74.5 cm³/mol. The van der Waals surface area contributed by atoms with Crippen LogP contribution in [0.25, 0.3) is 0 Å².